The number of aliphatic hydroxyl groups excluding tert-OH is 1. The van der Waals surface area contributed by atoms with Gasteiger partial charge in [0, 0.05) is 12.2 Å². The van der Waals surface area contributed by atoms with E-state index in [1.165, 1.54) is 0 Å². The highest BCUT2D eigenvalue weighted by molar-refractivity contribution is 9.10. The van der Waals surface area contributed by atoms with Gasteiger partial charge in [0.05, 0.1) is 17.7 Å². The zero-order chi connectivity index (χ0) is 15.0. The Balaban J connectivity index is 2.79. The van der Waals surface area contributed by atoms with Crippen molar-refractivity contribution in [3.8, 4) is 11.5 Å². The summed E-state index contributed by atoms with van der Waals surface area (Å²) in [5.74, 6) is 0.931. The van der Waals surface area contributed by atoms with Gasteiger partial charge in [-0.3, -0.25) is 4.79 Å². The lowest BCUT2D eigenvalue weighted by Crippen LogP contribution is -2.23. The monoisotopic (exact) mass is 346 g/mol. The van der Waals surface area contributed by atoms with Crippen LogP contribution in [0.4, 0.5) is 0 Å². The van der Waals surface area contributed by atoms with Crippen LogP contribution in [0.25, 0.3) is 0 Å². The van der Waals surface area contributed by atoms with E-state index in [9.17, 15) is 9.90 Å². The second kappa shape index (κ2) is 8.94. The predicted octanol–water partition coefficient (Wildman–Crippen LogP) is 2.44. The first-order valence-electron chi connectivity index (χ1n) is 6.42. The number of halogens is 1. The van der Waals surface area contributed by atoms with Crippen LogP contribution in [0.15, 0.2) is 16.6 Å². The lowest BCUT2D eigenvalue weighted by Gasteiger charge is -2.16. The first-order chi connectivity index (χ1) is 9.62. The summed E-state index contributed by atoms with van der Waals surface area (Å²) >= 11 is 3.33. The van der Waals surface area contributed by atoms with Crippen LogP contribution in [0.3, 0.4) is 0 Å². The second-order valence-corrected chi connectivity index (χ2v) is 4.86. The third-order valence-corrected chi connectivity index (χ3v) is 2.99. The summed E-state index contributed by atoms with van der Waals surface area (Å²) in [5.41, 5.74) is 0.488. The quantitative estimate of drug-likeness (QED) is 0.695. The molecule has 112 valence electrons. The van der Waals surface area contributed by atoms with Crippen LogP contribution < -0.4 is 9.47 Å². The summed E-state index contributed by atoms with van der Waals surface area (Å²) < 4.78 is 16.7. The Kier molecular flexibility index (Phi) is 7.58. The van der Waals surface area contributed by atoms with Gasteiger partial charge < -0.3 is 19.3 Å². The standard InChI is InChI=1S/C14H19BrO5/c1-3-18-8-11(17)9-20-14-12(15)5-10(7-16)6-13(14)19-4-2/h5-7,11,17H,3-4,8-9H2,1-2H3. The molecule has 5 nitrogen and oxygen atoms in total. The van der Waals surface area contributed by atoms with Crippen LogP contribution in [0, 0.1) is 0 Å². The van der Waals surface area contributed by atoms with Crippen molar-refractivity contribution in [3.05, 3.63) is 22.2 Å². The third kappa shape index (κ3) is 5.11. The van der Waals surface area contributed by atoms with E-state index in [0.29, 0.717) is 34.7 Å². The van der Waals surface area contributed by atoms with Gasteiger partial charge in [-0.25, -0.2) is 0 Å². The lowest BCUT2D eigenvalue weighted by atomic mass is 10.2. The summed E-state index contributed by atoms with van der Waals surface area (Å²) in [7, 11) is 0. The average molecular weight is 347 g/mol. The van der Waals surface area contributed by atoms with Crippen LogP contribution >= 0.6 is 15.9 Å². The van der Waals surface area contributed by atoms with Gasteiger partial charge in [0.1, 0.15) is 19.0 Å². The van der Waals surface area contributed by atoms with Gasteiger partial charge in [-0.15, -0.1) is 0 Å². The van der Waals surface area contributed by atoms with Gasteiger partial charge in [0.15, 0.2) is 11.5 Å². The van der Waals surface area contributed by atoms with Crippen molar-refractivity contribution in [1.82, 2.24) is 0 Å². The number of rotatable bonds is 9. The first kappa shape index (κ1) is 16.9. The summed E-state index contributed by atoms with van der Waals surface area (Å²) in [4.78, 5) is 10.8. The zero-order valence-electron chi connectivity index (χ0n) is 11.6. The number of carbonyl (C=O) groups is 1. The van der Waals surface area contributed by atoms with E-state index in [1.54, 1.807) is 12.1 Å². The molecule has 1 unspecified atom stereocenters. The molecule has 1 rings (SSSR count). The number of hydrogen-bond donors (Lipinski definition) is 1. The van der Waals surface area contributed by atoms with E-state index >= 15 is 0 Å². The number of ether oxygens (including phenoxy) is 3. The summed E-state index contributed by atoms with van der Waals surface area (Å²) in [6.45, 7) is 4.99. The van der Waals surface area contributed by atoms with E-state index in [2.05, 4.69) is 15.9 Å². The Morgan fingerprint density at radius 2 is 2.00 bits per heavy atom. The maximum atomic E-state index is 10.8. The maximum absolute atomic E-state index is 10.8. The van der Waals surface area contributed by atoms with Crippen molar-refractivity contribution in [2.24, 2.45) is 0 Å². The van der Waals surface area contributed by atoms with E-state index in [-0.39, 0.29) is 13.2 Å². The van der Waals surface area contributed by atoms with Gasteiger partial charge in [-0.05, 0) is 41.9 Å². The van der Waals surface area contributed by atoms with Crippen molar-refractivity contribution in [2.75, 3.05) is 26.4 Å². The van der Waals surface area contributed by atoms with E-state index < -0.39 is 6.10 Å². The molecule has 0 amide bonds. The van der Waals surface area contributed by atoms with Crippen molar-refractivity contribution in [1.29, 1.82) is 0 Å². The van der Waals surface area contributed by atoms with E-state index in [4.69, 9.17) is 14.2 Å². The van der Waals surface area contributed by atoms with Crippen LogP contribution in [0.2, 0.25) is 0 Å². The lowest BCUT2D eigenvalue weighted by molar-refractivity contribution is 0.0157. The Morgan fingerprint density at radius 1 is 1.25 bits per heavy atom. The Bertz CT molecular complexity index is 436. The van der Waals surface area contributed by atoms with Gasteiger partial charge in [-0.1, -0.05) is 0 Å². The van der Waals surface area contributed by atoms with Crippen molar-refractivity contribution in [3.63, 3.8) is 0 Å². The van der Waals surface area contributed by atoms with E-state index in [1.807, 2.05) is 13.8 Å². The van der Waals surface area contributed by atoms with E-state index in [0.717, 1.165) is 6.29 Å². The molecule has 1 aromatic carbocycles. The molecule has 1 N–H and O–H groups in total. The molecule has 0 heterocycles. The van der Waals surface area contributed by atoms with Gasteiger partial charge in [0.2, 0.25) is 0 Å². The molecule has 0 radical (unpaired) electrons. The zero-order valence-corrected chi connectivity index (χ0v) is 13.2. The van der Waals surface area contributed by atoms with Gasteiger partial charge in [0.25, 0.3) is 0 Å². The topological polar surface area (TPSA) is 65.0 Å². The fourth-order valence-corrected chi connectivity index (χ4v) is 2.11. The summed E-state index contributed by atoms with van der Waals surface area (Å²) in [6, 6.07) is 3.24. The number of hydrogen-bond acceptors (Lipinski definition) is 5. The molecule has 0 bridgehead atoms. The van der Waals surface area contributed by atoms with Crippen molar-refractivity contribution in [2.45, 2.75) is 20.0 Å². The third-order valence-electron chi connectivity index (χ3n) is 2.40. The molecular formula is C14H19BrO5. The molecule has 1 atom stereocenters. The minimum Gasteiger partial charge on any atom is -0.490 e. The highest BCUT2D eigenvalue weighted by Crippen LogP contribution is 2.36. The minimum absolute atomic E-state index is 0.0825. The highest BCUT2D eigenvalue weighted by atomic mass is 79.9. The molecule has 0 aliphatic carbocycles. The average Bonchev–Trinajstić information content (AvgIpc) is 2.44. The molecule has 0 fully saturated rings. The fraction of sp³-hybridized carbons (Fsp3) is 0.500. The molecule has 0 aliphatic heterocycles. The maximum Gasteiger partial charge on any atom is 0.175 e. The van der Waals surface area contributed by atoms with Crippen LogP contribution in [-0.4, -0.2) is 43.9 Å². The number of carbonyl (C=O) groups excluding carboxylic acids is 1. The highest BCUT2D eigenvalue weighted by Gasteiger charge is 2.14. The fourth-order valence-electron chi connectivity index (χ4n) is 1.54. The number of aldehydes is 1. The smallest absolute Gasteiger partial charge is 0.175 e. The van der Waals surface area contributed by atoms with Gasteiger partial charge in [-0.2, -0.15) is 0 Å². The predicted molar refractivity (Wildman–Crippen MR) is 78.7 cm³/mol. The molecule has 0 aliphatic rings. The van der Waals surface area contributed by atoms with Crippen molar-refractivity contribution < 1.29 is 24.1 Å². The SMILES string of the molecule is CCOCC(O)COc1c(Br)cc(C=O)cc1OCC. The van der Waals surface area contributed by atoms with Crippen molar-refractivity contribution >= 4 is 22.2 Å². The Hall–Kier alpha value is -1.11. The molecule has 0 saturated heterocycles. The molecule has 20 heavy (non-hydrogen) atoms. The van der Waals surface area contributed by atoms with Gasteiger partial charge >= 0.3 is 0 Å². The number of benzene rings is 1. The minimum atomic E-state index is -0.720. The largest absolute Gasteiger partial charge is 0.490 e. The second-order valence-electron chi connectivity index (χ2n) is 4.01. The normalized spacial score (nSPS) is 12.0. The van der Waals surface area contributed by atoms with Crippen LogP contribution in [0.1, 0.15) is 24.2 Å². The molecular weight excluding hydrogens is 328 g/mol. The Labute approximate surface area is 127 Å². The molecule has 0 spiro atoms. The molecule has 6 heteroatoms. The Morgan fingerprint density at radius 3 is 2.60 bits per heavy atom. The number of aliphatic hydroxyl groups is 1. The first-order valence-corrected chi connectivity index (χ1v) is 7.21. The van der Waals surface area contributed by atoms with Crippen LogP contribution in [-0.2, 0) is 4.74 Å². The molecule has 0 aromatic heterocycles. The summed E-state index contributed by atoms with van der Waals surface area (Å²) in [5, 5.41) is 9.69. The summed E-state index contributed by atoms with van der Waals surface area (Å²) in [6.07, 6.45) is 0.0168. The van der Waals surface area contributed by atoms with Crippen LogP contribution in [0.5, 0.6) is 11.5 Å². The molecule has 0 saturated carbocycles. The molecule has 1 aromatic rings.